The van der Waals surface area contributed by atoms with Crippen molar-refractivity contribution in [1.82, 2.24) is 9.38 Å². The minimum atomic E-state index is -0.273. The van der Waals surface area contributed by atoms with Gasteiger partial charge < -0.3 is 14.8 Å². The molecule has 0 aliphatic rings. The average Bonchev–Trinajstić information content (AvgIpc) is 2.85. The molecule has 0 atom stereocenters. The number of phenols is 1. The molecular formula is C16H15N3O2. The molecule has 0 saturated heterocycles. The number of aromatic nitrogens is 2. The number of phenolic OH excluding ortho intramolecular Hbond substituents is 1. The SMILES string of the molecule is Cc1ccn2cc(C(=O)Nc3ccc(O)cc3C)nc2c1. The molecule has 3 rings (SSSR count). The Kier molecular flexibility index (Phi) is 3.10. The van der Waals surface area contributed by atoms with E-state index < -0.39 is 0 Å². The zero-order chi connectivity index (χ0) is 15.0. The Morgan fingerprint density at radius 1 is 1.24 bits per heavy atom. The summed E-state index contributed by atoms with van der Waals surface area (Å²) in [6.07, 6.45) is 3.57. The first-order valence-electron chi connectivity index (χ1n) is 6.59. The minimum absolute atomic E-state index is 0.175. The number of fused-ring (bicyclic) bond motifs is 1. The van der Waals surface area contributed by atoms with E-state index in [2.05, 4.69) is 10.3 Å². The molecule has 106 valence electrons. The predicted octanol–water partition coefficient (Wildman–Crippen LogP) is 2.91. The molecule has 2 heterocycles. The number of aromatic hydroxyl groups is 1. The highest BCUT2D eigenvalue weighted by Gasteiger charge is 2.12. The van der Waals surface area contributed by atoms with Crippen molar-refractivity contribution in [2.24, 2.45) is 0 Å². The minimum Gasteiger partial charge on any atom is -0.508 e. The van der Waals surface area contributed by atoms with Crippen LogP contribution in [-0.4, -0.2) is 20.4 Å². The summed E-state index contributed by atoms with van der Waals surface area (Å²) in [4.78, 5) is 16.6. The van der Waals surface area contributed by atoms with Gasteiger partial charge in [0, 0.05) is 18.1 Å². The topological polar surface area (TPSA) is 66.6 Å². The molecule has 0 bridgehead atoms. The lowest BCUT2D eigenvalue weighted by molar-refractivity contribution is 0.102. The lowest BCUT2D eigenvalue weighted by Gasteiger charge is -2.07. The van der Waals surface area contributed by atoms with Crippen molar-refractivity contribution in [1.29, 1.82) is 0 Å². The Morgan fingerprint density at radius 2 is 2.05 bits per heavy atom. The number of pyridine rings is 1. The summed E-state index contributed by atoms with van der Waals surface area (Å²) >= 11 is 0. The van der Waals surface area contributed by atoms with Crippen molar-refractivity contribution in [2.75, 3.05) is 5.32 Å². The molecule has 3 aromatic rings. The fourth-order valence-electron chi connectivity index (χ4n) is 2.17. The number of imidazole rings is 1. The molecular weight excluding hydrogens is 266 g/mol. The van der Waals surface area contributed by atoms with E-state index >= 15 is 0 Å². The number of carbonyl (C=O) groups is 1. The van der Waals surface area contributed by atoms with Crippen LogP contribution in [0.4, 0.5) is 5.69 Å². The Bertz CT molecular complexity index is 837. The van der Waals surface area contributed by atoms with Crippen LogP contribution in [0.3, 0.4) is 0 Å². The first-order valence-corrected chi connectivity index (χ1v) is 6.59. The number of nitrogens with one attached hydrogen (secondary N) is 1. The quantitative estimate of drug-likeness (QED) is 0.710. The van der Waals surface area contributed by atoms with Gasteiger partial charge in [0.05, 0.1) is 0 Å². The van der Waals surface area contributed by atoms with Crippen LogP contribution in [-0.2, 0) is 0 Å². The zero-order valence-electron chi connectivity index (χ0n) is 11.8. The Balaban J connectivity index is 1.89. The van der Waals surface area contributed by atoms with Gasteiger partial charge in [-0.3, -0.25) is 4.79 Å². The maximum Gasteiger partial charge on any atom is 0.275 e. The number of aryl methyl sites for hydroxylation is 2. The van der Waals surface area contributed by atoms with Crippen LogP contribution in [0.1, 0.15) is 21.6 Å². The average molecular weight is 281 g/mol. The first kappa shape index (κ1) is 13.2. The number of nitrogens with zero attached hydrogens (tertiary/aromatic N) is 2. The zero-order valence-corrected chi connectivity index (χ0v) is 11.8. The fourth-order valence-corrected chi connectivity index (χ4v) is 2.17. The third-order valence-corrected chi connectivity index (χ3v) is 3.31. The Labute approximate surface area is 121 Å². The maximum absolute atomic E-state index is 12.3. The van der Waals surface area contributed by atoms with Crippen molar-refractivity contribution < 1.29 is 9.90 Å². The Hall–Kier alpha value is -2.82. The van der Waals surface area contributed by atoms with Gasteiger partial charge in [0.1, 0.15) is 17.1 Å². The van der Waals surface area contributed by atoms with Crippen LogP contribution in [0.5, 0.6) is 5.75 Å². The van der Waals surface area contributed by atoms with Gasteiger partial charge in [0.2, 0.25) is 0 Å². The van der Waals surface area contributed by atoms with Crippen LogP contribution in [0, 0.1) is 13.8 Å². The standard InChI is InChI=1S/C16H15N3O2/c1-10-5-6-19-9-14(17-15(19)7-10)16(21)18-13-4-3-12(20)8-11(13)2/h3-9,20H,1-2H3,(H,18,21). The van der Waals surface area contributed by atoms with Crippen molar-refractivity contribution in [3.05, 3.63) is 59.5 Å². The number of hydrogen-bond acceptors (Lipinski definition) is 3. The summed E-state index contributed by atoms with van der Waals surface area (Å²) < 4.78 is 1.81. The molecule has 0 saturated carbocycles. The van der Waals surface area contributed by atoms with E-state index in [1.165, 1.54) is 6.07 Å². The second-order valence-electron chi connectivity index (χ2n) is 5.05. The molecule has 0 aliphatic heterocycles. The van der Waals surface area contributed by atoms with Gasteiger partial charge in [-0.05, 0) is 55.3 Å². The van der Waals surface area contributed by atoms with Crippen LogP contribution in [0.25, 0.3) is 5.65 Å². The molecule has 0 fully saturated rings. The lowest BCUT2D eigenvalue weighted by atomic mass is 10.2. The lowest BCUT2D eigenvalue weighted by Crippen LogP contribution is -2.13. The van der Waals surface area contributed by atoms with Gasteiger partial charge in [-0.15, -0.1) is 0 Å². The number of anilines is 1. The summed E-state index contributed by atoms with van der Waals surface area (Å²) in [6.45, 7) is 3.80. The molecule has 0 unspecified atom stereocenters. The van der Waals surface area contributed by atoms with Gasteiger partial charge in [-0.25, -0.2) is 4.98 Å². The monoisotopic (exact) mass is 281 g/mol. The van der Waals surface area contributed by atoms with E-state index in [1.54, 1.807) is 18.3 Å². The normalized spacial score (nSPS) is 10.8. The number of amides is 1. The highest BCUT2D eigenvalue weighted by atomic mass is 16.3. The third kappa shape index (κ3) is 2.58. The third-order valence-electron chi connectivity index (χ3n) is 3.31. The number of rotatable bonds is 2. The van der Waals surface area contributed by atoms with Crippen molar-refractivity contribution >= 4 is 17.2 Å². The molecule has 2 aromatic heterocycles. The molecule has 5 heteroatoms. The van der Waals surface area contributed by atoms with E-state index in [0.29, 0.717) is 11.4 Å². The molecule has 1 aromatic carbocycles. The van der Waals surface area contributed by atoms with Crippen molar-refractivity contribution in [3.63, 3.8) is 0 Å². The van der Waals surface area contributed by atoms with Crippen LogP contribution < -0.4 is 5.32 Å². The number of benzene rings is 1. The van der Waals surface area contributed by atoms with Gasteiger partial charge in [-0.1, -0.05) is 0 Å². The second kappa shape index (κ2) is 4.94. The largest absolute Gasteiger partial charge is 0.508 e. The molecule has 0 spiro atoms. The van der Waals surface area contributed by atoms with Gasteiger partial charge in [-0.2, -0.15) is 0 Å². The van der Waals surface area contributed by atoms with E-state index in [-0.39, 0.29) is 11.7 Å². The van der Waals surface area contributed by atoms with Crippen molar-refractivity contribution in [2.45, 2.75) is 13.8 Å². The maximum atomic E-state index is 12.3. The van der Waals surface area contributed by atoms with Crippen LogP contribution in [0.15, 0.2) is 42.7 Å². The predicted molar refractivity (Wildman–Crippen MR) is 80.7 cm³/mol. The summed E-state index contributed by atoms with van der Waals surface area (Å²) in [6, 6.07) is 8.68. The molecule has 0 aliphatic carbocycles. The first-order chi connectivity index (χ1) is 10.0. The molecule has 1 amide bonds. The molecule has 21 heavy (non-hydrogen) atoms. The van der Waals surface area contributed by atoms with Crippen molar-refractivity contribution in [3.8, 4) is 5.75 Å². The number of hydrogen-bond donors (Lipinski definition) is 2. The summed E-state index contributed by atoms with van der Waals surface area (Å²) in [5.74, 6) is -0.0983. The highest BCUT2D eigenvalue weighted by Crippen LogP contribution is 2.20. The van der Waals surface area contributed by atoms with E-state index in [9.17, 15) is 9.90 Å². The van der Waals surface area contributed by atoms with E-state index in [0.717, 1.165) is 16.8 Å². The Morgan fingerprint density at radius 3 is 2.81 bits per heavy atom. The van der Waals surface area contributed by atoms with Crippen LogP contribution >= 0.6 is 0 Å². The molecule has 2 N–H and O–H groups in total. The van der Waals surface area contributed by atoms with Gasteiger partial charge in [0.25, 0.3) is 5.91 Å². The highest BCUT2D eigenvalue weighted by molar-refractivity contribution is 6.03. The van der Waals surface area contributed by atoms with E-state index in [4.69, 9.17) is 0 Å². The second-order valence-corrected chi connectivity index (χ2v) is 5.05. The fraction of sp³-hybridized carbons (Fsp3) is 0.125. The smallest absolute Gasteiger partial charge is 0.275 e. The molecule has 5 nitrogen and oxygen atoms in total. The summed E-state index contributed by atoms with van der Waals surface area (Å²) in [5.41, 5.74) is 3.64. The summed E-state index contributed by atoms with van der Waals surface area (Å²) in [5, 5.41) is 12.2. The molecule has 0 radical (unpaired) electrons. The summed E-state index contributed by atoms with van der Waals surface area (Å²) in [7, 11) is 0. The van der Waals surface area contributed by atoms with Gasteiger partial charge >= 0.3 is 0 Å². The van der Waals surface area contributed by atoms with Gasteiger partial charge in [0.15, 0.2) is 0 Å². The van der Waals surface area contributed by atoms with Crippen LogP contribution in [0.2, 0.25) is 0 Å². The van der Waals surface area contributed by atoms with E-state index in [1.807, 2.05) is 36.6 Å². The number of carbonyl (C=O) groups excluding carboxylic acids is 1.